The zero-order valence-corrected chi connectivity index (χ0v) is 19.5. The number of nitrogens with zero attached hydrogens (tertiary/aromatic N) is 3. The molecule has 1 aliphatic rings. The van der Waals surface area contributed by atoms with E-state index in [0.29, 0.717) is 6.42 Å². The Balaban J connectivity index is 2.05. The van der Waals surface area contributed by atoms with Crippen molar-refractivity contribution in [3.05, 3.63) is 47.6 Å². The molecule has 0 saturated carbocycles. The number of carbonyl (C=O) groups excluding carboxylic acids is 2. The van der Waals surface area contributed by atoms with Crippen LogP contribution in [0.2, 0.25) is 5.02 Å². The van der Waals surface area contributed by atoms with Gasteiger partial charge in [0.15, 0.2) is 6.10 Å². The van der Waals surface area contributed by atoms with Gasteiger partial charge < -0.3 is 18.9 Å². The third-order valence-electron chi connectivity index (χ3n) is 5.28. The van der Waals surface area contributed by atoms with Gasteiger partial charge >= 0.3 is 11.9 Å². The summed E-state index contributed by atoms with van der Waals surface area (Å²) in [6.45, 7) is 6.01. The Hall–Kier alpha value is -2.89. The van der Waals surface area contributed by atoms with Crippen LogP contribution < -0.4 is 0 Å². The first-order valence-corrected chi connectivity index (χ1v) is 10.7. The minimum absolute atomic E-state index is 0.106. The molecule has 1 aromatic heterocycles. The Morgan fingerprint density at radius 3 is 2.44 bits per heavy atom. The number of ether oxygens (including phenoxy) is 4. The Bertz CT molecular complexity index is 1040. The highest BCUT2D eigenvalue weighted by Gasteiger charge is 2.49. The molecule has 9 nitrogen and oxygen atoms in total. The lowest BCUT2D eigenvalue weighted by Crippen LogP contribution is -2.58. The smallest absolute Gasteiger partial charge is 0.303 e. The number of hydrogen-bond donors (Lipinski definition) is 0. The van der Waals surface area contributed by atoms with Crippen molar-refractivity contribution >= 4 is 23.5 Å². The molecule has 0 spiro atoms. The van der Waals surface area contributed by atoms with E-state index in [1.54, 1.807) is 6.08 Å². The van der Waals surface area contributed by atoms with Crippen molar-refractivity contribution in [2.45, 2.75) is 50.7 Å². The minimum atomic E-state index is -0.990. The third-order valence-corrected chi connectivity index (χ3v) is 5.64. The number of rotatable bonds is 8. The summed E-state index contributed by atoms with van der Waals surface area (Å²) in [5.41, 5.74) is 0.254. The summed E-state index contributed by atoms with van der Waals surface area (Å²) in [5, 5.41) is 7.50. The molecule has 34 heavy (non-hydrogen) atoms. The van der Waals surface area contributed by atoms with Crippen molar-refractivity contribution in [3.8, 4) is 11.3 Å². The molecule has 0 bridgehead atoms. The molecule has 0 unspecified atom stereocenters. The second kappa shape index (κ2) is 11.0. The van der Waals surface area contributed by atoms with Gasteiger partial charge in [0.1, 0.15) is 47.2 Å². The Morgan fingerprint density at radius 1 is 1.21 bits per heavy atom. The lowest BCUT2D eigenvalue weighted by molar-refractivity contribution is -0.225. The molecule has 1 aliphatic heterocycles. The van der Waals surface area contributed by atoms with Crippen LogP contribution in [0, 0.1) is 11.6 Å². The average Bonchev–Trinajstić information content (AvgIpc) is 3.26. The molecule has 1 fully saturated rings. The molecule has 1 aromatic carbocycles. The highest BCUT2D eigenvalue weighted by atomic mass is 35.5. The van der Waals surface area contributed by atoms with E-state index >= 15 is 0 Å². The van der Waals surface area contributed by atoms with Gasteiger partial charge in [-0.1, -0.05) is 22.9 Å². The van der Waals surface area contributed by atoms with Crippen molar-refractivity contribution in [1.29, 1.82) is 0 Å². The minimum Gasteiger partial charge on any atom is -0.463 e. The number of carbonyl (C=O) groups is 2. The highest BCUT2D eigenvalue weighted by Crippen LogP contribution is 2.36. The summed E-state index contributed by atoms with van der Waals surface area (Å²) in [4.78, 5) is 23.3. The van der Waals surface area contributed by atoms with E-state index in [0.717, 1.165) is 12.1 Å². The number of halogens is 3. The van der Waals surface area contributed by atoms with Crippen molar-refractivity contribution < 1.29 is 37.3 Å². The van der Waals surface area contributed by atoms with Crippen LogP contribution in [0.15, 0.2) is 31.0 Å². The van der Waals surface area contributed by atoms with Crippen LogP contribution in [0.1, 0.15) is 26.3 Å². The maximum absolute atomic E-state index is 14.0. The number of hydrogen-bond acceptors (Lipinski definition) is 8. The standard InChI is InChI=1S/C22H24ClF2N3O6/c1-5-6-17-21(31-4)20(22(33-12(3)30)18(34-17)10-32-11(2)29)28-9-16(26-27-28)13-7-14(24)19(23)15(25)8-13/h5,7-9,17-18,20-22H,1,6,10H2,2-4H3/t17-,18-,20-,21+,22+/m1/s1. The maximum Gasteiger partial charge on any atom is 0.303 e. The van der Waals surface area contributed by atoms with Gasteiger partial charge in [0.25, 0.3) is 0 Å². The van der Waals surface area contributed by atoms with Crippen molar-refractivity contribution in [2.75, 3.05) is 13.7 Å². The van der Waals surface area contributed by atoms with Crippen LogP contribution in [0.25, 0.3) is 11.3 Å². The maximum atomic E-state index is 14.0. The van der Waals surface area contributed by atoms with E-state index in [-0.39, 0.29) is 17.9 Å². The summed E-state index contributed by atoms with van der Waals surface area (Å²) in [5.74, 6) is -3.04. The molecule has 1 saturated heterocycles. The first-order valence-electron chi connectivity index (χ1n) is 10.3. The summed E-state index contributed by atoms with van der Waals surface area (Å²) in [7, 11) is 1.45. The molecular formula is C22H24ClF2N3O6. The van der Waals surface area contributed by atoms with E-state index in [1.165, 1.54) is 31.8 Å². The van der Waals surface area contributed by atoms with Gasteiger partial charge in [-0.25, -0.2) is 13.5 Å². The third kappa shape index (κ3) is 5.60. The van der Waals surface area contributed by atoms with E-state index in [4.69, 9.17) is 30.5 Å². The van der Waals surface area contributed by atoms with Gasteiger partial charge in [-0.3, -0.25) is 9.59 Å². The predicted molar refractivity (Wildman–Crippen MR) is 116 cm³/mol. The van der Waals surface area contributed by atoms with Crippen molar-refractivity contribution in [1.82, 2.24) is 15.0 Å². The van der Waals surface area contributed by atoms with E-state index < -0.39 is 59.1 Å². The summed E-state index contributed by atoms with van der Waals surface area (Å²) in [6, 6.07) is 1.28. The van der Waals surface area contributed by atoms with Gasteiger partial charge in [-0.15, -0.1) is 11.7 Å². The molecular weight excluding hydrogens is 476 g/mol. The second-order valence-electron chi connectivity index (χ2n) is 7.64. The molecule has 184 valence electrons. The first-order chi connectivity index (χ1) is 16.2. The zero-order chi connectivity index (χ0) is 25.0. The van der Waals surface area contributed by atoms with Gasteiger partial charge in [0.2, 0.25) is 0 Å². The summed E-state index contributed by atoms with van der Waals surface area (Å²) >= 11 is 5.57. The fraction of sp³-hybridized carbons (Fsp3) is 0.455. The lowest BCUT2D eigenvalue weighted by Gasteiger charge is -2.45. The van der Waals surface area contributed by atoms with E-state index in [9.17, 15) is 18.4 Å². The Morgan fingerprint density at radius 2 is 1.88 bits per heavy atom. The topological polar surface area (TPSA) is 102 Å². The monoisotopic (exact) mass is 499 g/mol. The lowest BCUT2D eigenvalue weighted by atomic mass is 9.90. The predicted octanol–water partition coefficient (Wildman–Crippen LogP) is 3.27. The molecule has 2 heterocycles. The molecule has 3 rings (SSSR count). The average molecular weight is 500 g/mol. The van der Waals surface area contributed by atoms with Gasteiger partial charge in [-0.2, -0.15) is 0 Å². The number of methoxy groups -OCH3 is 1. The number of aromatic nitrogens is 3. The molecule has 5 atom stereocenters. The molecule has 0 N–H and O–H groups in total. The summed E-state index contributed by atoms with van der Waals surface area (Å²) in [6.07, 6.45) is 0.349. The van der Waals surface area contributed by atoms with Crippen LogP contribution >= 0.6 is 11.6 Å². The normalized spacial score (nSPS) is 24.5. The quantitative estimate of drug-likeness (QED) is 0.310. The Labute approximate surface area is 199 Å². The first kappa shape index (κ1) is 25.7. The SMILES string of the molecule is C=CC[C@H]1O[C@H](COC(C)=O)[C@H](OC(C)=O)[C@H](n2cc(-c3cc(F)c(Cl)c(F)c3)nn2)[C@H]1OC. The molecule has 12 heteroatoms. The molecule has 2 aromatic rings. The van der Waals surface area contributed by atoms with Crippen molar-refractivity contribution in [3.63, 3.8) is 0 Å². The highest BCUT2D eigenvalue weighted by molar-refractivity contribution is 6.30. The number of benzene rings is 1. The van der Waals surface area contributed by atoms with Crippen LogP contribution in [-0.2, 0) is 28.5 Å². The Kier molecular flexibility index (Phi) is 8.34. The van der Waals surface area contributed by atoms with Gasteiger partial charge in [0.05, 0.1) is 12.3 Å². The fourth-order valence-corrected chi connectivity index (χ4v) is 3.99. The van der Waals surface area contributed by atoms with Crippen LogP contribution in [0.3, 0.4) is 0 Å². The van der Waals surface area contributed by atoms with E-state index in [1.807, 2.05) is 0 Å². The number of esters is 2. The van der Waals surface area contributed by atoms with E-state index in [2.05, 4.69) is 16.9 Å². The molecule has 0 radical (unpaired) electrons. The zero-order valence-electron chi connectivity index (χ0n) is 18.7. The molecule has 0 aliphatic carbocycles. The molecule has 0 amide bonds. The van der Waals surface area contributed by atoms with Crippen molar-refractivity contribution in [2.24, 2.45) is 0 Å². The van der Waals surface area contributed by atoms with Crippen LogP contribution in [-0.4, -0.2) is 65.1 Å². The van der Waals surface area contributed by atoms with Crippen LogP contribution in [0.4, 0.5) is 8.78 Å². The second-order valence-corrected chi connectivity index (χ2v) is 8.02. The largest absolute Gasteiger partial charge is 0.463 e. The van der Waals surface area contributed by atoms with Crippen LogP contribution in [0.5, 0.6) is 0 Å². The van der Waals surface area contributed by atoms with Gasteiger partial charge in [-0.05, 0) is 18.6 Å². The van der Waals surface area contributed by atoms with Gasteiger partial charge in [0, 0.05) is 26.5 Å². The fourth-order valence-electron chi connectivity index (χ4n) is 3.88. The summed E-state index contributed by atoms with van der Waals surface area (Å²) < 4.78 is 51.7.